The van der Waals surface area contributed by atoms with Crippen LogP contribution in [-0.2, 0) is 9.53 Å². The Morgan fingerprint density at radius 2 is 2.33 bits per heavy atom. The molecule has 2 aliphatic rings. The quantitative estimate of drug-likeness (QED) is 0.735. The van der Waals surface area contributed by atoms with E-state index in [2.05, 4.69) is 5.32 Å². The molecule has 4 heteroatoms. The van der Waals surface area contributed by atoms with E-state index in [1.807, 2.05) is 18.7 Å². The van der Waals surface area contributed by atoms with Gasteiger partial charge in [-0.3, -0.25) is 4.79 Å². The Kier molecular flexibility index (Phi) is 2.73. The molecule has 2 rings (SSSR count). The van der Waals surface area contributed by atoms with E-state index in [1.54, 1.807) is 7.11 Å². The minimum Gasteiger partial charge on any atom is -0.377 e. The van der Waals surface area contributed by atoms with Crippen molar-refractivity contribution in [2.75, 3.05) is 20.2 Å². The third kappa shape index (κ3) is 2.01. The molecule has 0 spiro atoms. The molecule has 0 saturated carbocycles. The molecule has 1 N–H and O–H groups in total. The first kappa shape index (κ1) is 10.9. The number of nitrogens with zero attached hydrogens (tertiary/aromatic N) is 1. The van der Waals surface area contributed by atoms with Gasteiger partial charge < -0.3 is 15.0 Å². The maximum atomic E-state index is 11.8. The largest absolute Gasteiger partial charge is 0.377 e. The van der Waals surface area contributed by atoms with Crippen LogP contribution < -0.4 is 5.32 Å². The van der Waals surface area contributed by atoms with Crippen molar-refractivity contribution in [1.29, 1.82) is 0 Å². The van der Waals surface area contributed by atoms with Gasteiger partial charge in [-0.25, -0.2) is 0 Å². The molecule has 1 amide bonds. The zero-order valence-corrected chi connectivity index (χ0v) is 9.75. The van der Waals surface area contributed by atoms with Crippen LogP contribution in [0.3, 0.4) is 0 Å². The number of ether oxygens (including phenoxy) is 1. The average Bonchev–Trinajstić information content (AvgIpc) is 2.71. The van der Waals surface area contributed by atoms with Crippen molar-refractivity contribution in [2.45, 2.75) is 44.4 Å². The molecule has 0 unspecified atom stereocenters. The van der Waals surface area contributed by atoms with Crippen LogP contribution in [0.25, 0.3) is 0 Å². The summed E-state index contributed by atoms with van der Waals surface area (Å²) in [7, 11) is 1.70. The van der Waals surface area contributed by atoms with Crippen LogP contribution in [0.2, 0.25) is 0 Å². The van der Waals surface area contributed by atoms with E-state index >= 15 is 0 Å². The van der Waals surface area contributed by atoms with Gasteiger partial charge in [0.25, 0.3) is 0 Å². The van der Waals surface area contributed by atoms with Crippen LogP contribution in [0, 0.1) is 0 Å². The average molecular weight is 212 g/mol. The highest BCUT2D eigenvalue weighted by atomic mass is 16.5. The van der Waals surface area contributed by atoms with Gasteiger partial charge in [0.15, 0.2) is 0 Å². The first-order valence-electron chi connectivity index (χ1n) is 5.61. The van der Waals surface area contributed by atoms with Crippen LogP contribution in [0.1, 0.15) is 26.7 Å². The fraction of sp³-hybridized carbons (Fsp3) is 0.909. The first-order valence-corrected chi connectivity index (χ1v) is 5.61. The highest BCUT2D eigenvalue weighted by Crippen LogP contribution is 2.28. The standard InChI is InChI=1S/C11H20N2O2/c1-11(2,15-3)7-13-9-4-5-12-8(9)6-10(13)14/h8-9,12H,4-7H2,1-3H3/t8-,9-/m1/s1. The van der Waals surface area contributed by atoms with E-state index in [9.17, 15) is 4.79 Å². The fourth-order valence-corrected chi connectivity index (χ4v) is 2.51. The third-order valence-electron chi connectivity index (χ3n) is 3.53. The van der Waals surface area contributed by atoms with Crippen molar-refractivity contribution in [2.24, 2.45) is 0 Å². The molecule has 2 saturated heterocycles. The third-order valence-corrected chi connectivity index (χ3v) is 3.53. The van der Waals surface area contributed by atoms with Crippen molar-refractivity contribution in [3.63, 3.8) is 0 Å². The van der Waals surface area contributed by atoms with E-state index in [1.165, 1.54) is 0 Å². The zero-order chi connectivity index (χ0) is 11.1. The van der Waals surface area contributed by atoms with Crippen molar-refractivity contribution >= 4 is 5.91 Å². The molecule has 2 atom stereocenters. The number of rotatable bonds is 3. The van der Waals surface area contributed by atoms with Crippen LogP contribution in [0.4, 0.5) is 0 Å². The molecule has 0 aromatic carbocycles. The number of hydrogen-bond acceptors (Lipinski definition) is 3. The molecule has 0 aromatic heterocycles. The Hall–Kier alpha value is -0.610. The van der Waals surface area contributed by atoms with E-state index in [4.69, 9.17) is 4.74 Å². The highest BCUT2D eigenvalue weighted by Gasteiger charge is 2.43. The maximum Gasteiger partial charge on any atom is 0.224 e. The van der Waals surface area contributed by atoms with Gasteiger partial charge in [-0.05, 0) is 26.8 Å². The number of carbonyl (C=O) groups is 1. The molecule has 0 radical (unpaired) electrons. The smallest absolute Gasteiger partial charge is 0.224 e. The number of fused-ring (bicyclic) bond motifs is 1. The topological polar surface area (TPSA) is 41.6 Å². The Labute approximate surface area is 91.0 Å². The van der Waals surface area contributed by atoms with Crippen LogP contribution >= 0.6 is 0 Å². The normalized spacial score (nSPS) is 31.1. The maximum absolute atomic E-state index is 11.8. The number of amides is 1. The Balaban J connectivity index is 2.05. The van der Waals surface area contributed by atoms with E-state index in [0.717, 1.165) is 13.0 Å². The second-order valence-corrected chi connectivity index (χ2v) is 5.11. The lowest BCUT2D eigenvalue weighted by molar-refractivity contribution is -0.132. The molecular weight excluding hydrogens is 192 g/mol. The van der Waals surface area contributed by atoms with Gasteiger partial charge in [-0.15, -0.1) is 0 Å². The minimum atomic E-state index is -0.243. The van der Waals surface area contributed by atoms with Gasteiger partial charge in [0.05, 0.1) is 5.60 Å². The highest BCUT2D eigenvalue weighted by molar-refractivity contribution is 5.80. The molecule has 0 aromatic rings. The predicted molar refractivity (Wildman–Crippen MR) is 57.6 cm³/mol. The summed E-state index contributed by atoms with van der Waals surface area (Å²) in [5, 5.41) is 3.38. The summed E-state index contributed by atoms with van der Waals surface area (Å²) in [5.41, 5.74) is -0.243. The predicted octanol–water partition coefficient (Wildman–Crippen LogP) is 0.374. The number of hydrogen-bond donors (Lipinski definition) is 1. The van der Waals surface area contributed by atoms with E-state index in [-0.39, 0.29) is 11.5 Å². The van der Waals surface area contributed by atoms with Crippen LogP contribution in [0.5, 0.6) is 0 Å². The second kappa shape index (κ2) is 3.76. The molecule has 86 valence electrons. The zero-order valence-electron chi connectivity index (χ0n) is 9.75. The van der Waals surface area contributed by atoms with Gasteiger partial charge in [0.2, 0.25) is 5.91 Å². The summed E-state index contributed by atoms with van der Waals surface area (Å²) in [4.78, 5) is 13.8. The molecule has 2 heterocycles. The van der Waals surface area contributed by atoms with Crippen molar-refractivity contribution in [3.05, 3.63) is 0 Å². The summed E-state index contributed by atoms with van der Waals surface area (Å²) >= 11 is 0. The molecule has 4 nitrogen and oxygen atoms in total. The van der Waals surface area contributed by atoms with Gasteiger partial charge in [-0.2, -0.15) is 0 Å². The second-order valence-electron chi connectivity index (χ2n) is 5.11. The van der Waals surface area contributed by atoms with Gasteiger partial charge in [0, 0.05) is 32.2 Å². The lowest BCUT2D eigenvalue weighted by Crippen LogP contribution is -2.45. The number of methoxy groups -OCH3 is 1. The van der Waals surface area contributed by atoms with Crippen molar-refractivity contribution in [1.82, 2.24) is 10.2 Å². The molecule has 2 aliphatic heterocycles. The molecular formula is C11H20N2O2. The Morgan fingerprint density at radius 3 is 3.00 bits per heavy atom. The summed E-state index contributed by atoms with van der Waals surface area (Å²) in [5.74, 6) is 0.266. The molecule has 15 heavy (non-hydrogen) atoms. The molecule has 2 fully saturated rings. The summed E-state index contributed by atoms with van der Waals surface area (Å²) in [6.07, 6.45) is 1.74. The van der Waals surface area contributed by atoms with Crippen molar-refractivity contribution < 1.29 is 9.53 Å². The number of carbonyl (C=O) groups excluding carboxylic acids is 1. The fourth-order valence-electron chi connectivity index (χ4n) is 2.51. The summed E-state index contributed by atoms with van der Waals surface area (Å²) < 4.78 is 5.38. The van der Waals surface area contributed by atoms with E-state index in [0.29, 0.717) is 25.0 Å². The van der Waals surface area contributed by atoms with Gasteiger partial charge in [0.1, 0.15) is 0 Å². The van der Waals surface area contributed by atoms with Gasteiger partial charge in [-0.1, -0.05) is 0 Å². The Morgan fingerprint density at radius 1 is 1.60 bits per heavy atom. The number of likely N-dealkylation sites (tertiary alicyclic amines) is 1. The van der Waals surface area contributed by atoms with Crippen molar-refractivity contribution in [3.8, 4) is 0 Å². The van der Waals surface area contributed by atoms with Crippen LogP contribution in [-0.4, -0.2) is 48.7 Å². The molecule has 0 aliphatic carbocycles. The summed E-state index contributed by atoms with van der Waals surface area (Å²) in [6, 6.07) is 0.775. The first-order chi connectivity index (χ1) is 7.03. The monoisotopic (exact) mass is 212 g/mol. The number of nitrogens with one attached hydrogen (secondary N) is 1. The minimum absolute atomic E-state index is 0.243. The van der Waals surface area contributed by atoms with Gasteiger partial charge >= 0.3 is 0 Å². The SMILES string of the molecule is COC(C)(C)CN1C(=O)C[C@H]2NCC[C@H]21. The molecule has 0 bridgehead atoms. The lowest BCUT2D eigenvalue weighted by Gasteiger charge is -2.32. The summed E-state index contributed by atoms with van der Waals surface area (Å²) in [6.45, 7) is 5.78. The van der Waals surface area contributed by atoms with E-state index < -0.39 is 0 Å². The Bertz CT molecular complexity index is 265. The lowest BCUT2D eigenvalue weighted by atomic mass is 10.1. The van der Waals surface area contributed by atoms with Crippen LogP contribution in [0.15, 0.2) is 0 Å².